The van der Waals surface area contributed by atoms with Crippen LogP contribution in [-0.2, 0) is 6.54 Å². The highest BCUT2D eigenvalue weighted by atomic mass is 16.5. The summed E-state index contributed by atoms with van der Waals surface area (Å²) in [5, 5.41) is 13.3. The highest BCUT2D eigenvalue weighted by Gasteiger charge is 2.21. The van der Waals surface area contributed by atoms with Gasteiger partial charge in [0.05, 0.1) is 17.7 Å². The number of hydrogen-bond donors (Lipinski definition) is 1. The first-order valence-corrected chi connectivity index (χ1v) is 6.21. The van der Waals surface area contributed by atoms with Gasteiger partial charge in [0.2, 0.25) is 0 Å². The van der Waals surface area contributed by atoms with Crippen molar-refractivity contribution in [2.75, 3.05) is 14.1 Å². The molecule has 0 amide bonds. The van der Waals surface area contributed by atoms with Crippen molar-refractivity contribution < 1.29 is 14.4 Å². The molecule has 1 aromatic carbocycles. The maximum Gasteiger partial charge on any atom is 0.336 e. The van der Waals surface area contributed by atoms with Crippen LogP contribution in [0.15, 0.2) is 16.7 Å². The Labute approximate surface area is 117 Å². The number of rotatable bonds is 4. The summed E-state index contributed by atoms with van der Waals surface area (Å²) in [6.45, 7) is 4.12. The van der Waals surface area contributed by atoms with E-state index in [9.17, 15) is 9.90 Å². The number of carbonyl (C=O) groups is 1. The molecule has 0 aliphatic heterocycles. The third-order valence-corrected chi connectivity index (χ3v) is 2.98. The molecule has 0 saturated carbocycles. The molecule has 106 valence electrons. The van der Waals surface area contributed by atoms with Gasteiger partial charge in [-0.1, -0.05) is 17.3 Å². The topological polar surface area (TPSA) is 79.5 Å². The molecule has 1 heterocycles. The molecule has 0 aliphatic rings. The summed E-state index contributed by atoms with van der Waals surface area (Å²) in [5.41, 5.74) is 2.18. The van der Waals surface area contributed by atoms with Crippen molar-refractivity contribution in [2.24, 2.45) is 0 Å². The smallest absolute Gasteiger partial charge is 0.336 e. The highest BCUT2D eigenvalue weighted by molar-refractivity contribution is 5.97. The van der Waals surface area contributed by atoms with Crippen LogP contribution < -0.4 is 0 Å². The van der Waals surface area contributed by atoms with Crippen LogP contribution in [0.5, 0.6) is 0 Å². The number of aromatic nitrogens is 2. The molecule has 0 saturated heterocycles. The average molecular weight is 275 g/mol. The van der Waals surface area contributed by atoms with Gasteiger partial charge in [0, 0.05) is 0 Å². The zero-order chi connectivity index (χ0) is 14.9. The van der Waals surface area contributed by atoms with Crippen molar-refractivity contribution in [3.05, 3.63) is 34.6 Å². The largest absolute Gasteiger partial charge is 0.478 e. The molecule has 0 aliphatic carbocycles. The Morgan fingerprint density at radius 3 is 2.55 bits per heavy atom. The normalized spacial score (nSPS) is 11.1. The quantitative estimate of drug-likeness (QED) is 0.920. The van der Waals surface area contributed by atoms with Gasteiger partial charge in [-0.05, 0) is 39.1 Å². The van der Waals surface area contributed by atoms with E-state index < -0.39 is 5.97 Å². The maximum absolute atomic E-state index is 11.5. The zero-order valence-electron chi connectivity index (χ0n) is 12.0. The van der Waals surface area contributed by atoms with Gasteiger partial charge >= 0.3 is 5.97 Å². The minimum Gasteiger partial charge on any atom is -0.478 e. The van der Waals surface area contributed by atoms with E-state index >= 15 is 0 Å². The molecule has 6 heteroatoms. The van der Waals surface area contributed by atoms with Gasteiger partial charge in [-0.15, -0.1) is 0 Å². The fraction of sp³-hybridized carbons (Fsp3) is 0.357. The number of aromatic carboxylic acids is 1. The van der Waals surface area contributed by atoms with Crippen LogP contribution in [0.1, 0.15) is 27.3 Å². The van der Waals surface area contributed by atoms with Gasteiger partial charge in [0.25, 0.3) is 5.89 Å². The summed E-state index contributed by atoms with van der Waals surface area (Å²) in [5.74, 6) is -0.212. The predicted octanol–water partition coefficient (Wildman–Crippen LogP) is 2.11. The molecule has 0 bridgehead atoms. The summed E-state index contributed by atoms with van der Waals surface area (Å²) in [4.78, 5) is 17.7. The SMILES string of the molecule is Cc1ccc(C)c(-c2nc(CN(C)C)no2)c1C(=O)O. The maximum atomic E-state index is 11.5. The van der Waals surface area contributed by atoms with E-state index in [2.05, 4.69) is 10.1 Å². The first kappa shape index (κ1) is 14.2. The molecular weight excluding hydrogens is 258 g/mol. The van der Waals surface area contributed by atoms with Crippen LogP contribution in [0.4, 0.5) is 0 Å². The lowest BCUT2D eigenvalue weighted by Gasteiger charge is -2.08. The number of benzene rings is 1. The van der Waals surface area contributed by atoms with Gasteiger partial charge in [0.1, 0.15) is 0 Å². The first-order chi connectivity index (χ1) is 9.40. The Morgan fingerprint density at radius 2 is 1.95 bits per heavy atom. The van der Waals surface area contributed by atoms with Crippen LogP contribution in [0.25, 0.3) is 11.5 Å². The molecule has 20 heavy (non-hydrogen) atoms. The van der Waals surface area contributed by atoms with Crippen molar-refractivity contribution in [3.63, 3.8) is 0 Å². The fourth-order valence-corrected chi connectivity index (χ4v) is 2.06. The molecule has 6 nitrogen and oxygen atoms in total. The molecule has 1 N–H and O–H groups in total. The van der Waals surface area contributed by atoms with E-state index in [0.29, 0.717) is 23.5 Å². The van der Waals surface area contributed by atoms with E-state index in [1.54, 1.807) is 13.0 Å². The second-order valence-corrected chi connectivity index (χ2v) is 5.01. The van der Waals surface area contributed by atoms with E-state index in [1.165, 1.54) is 0 Å². The standard InChI is InChI=1S/C14H17N3O3/c1-8-5-6-9(2)12(14(18)19)11(8)13-15-10(16-20-13)7-17(3)4/h5-6H,7H2,1-4H3,(H,18,19). The molecule has 0 radical (unpaired) electrons. The Morgan fingerprint density at radius 1 is 1.30 bits per heavy atom. The molecule has 0 atom stereocenters. The van der Waals surface area contributed by atoms with E-state index in [4.69, 9.17) is 4.52 Å². The lowest BCUT2D eigenvalue weighted by atomic mass is 9.97. The van der Waals surface area contributed by atoms with Gasteiger partial charge in [-0.25, -0.2) is 4.79 Å². The molecule has 0 spiro atoms. The summed E-state index contributed by atoms with van der Waals surface area (Å²) >= 11 is 0. The molecule has 0 unspecified atom stereocenters. The molecule has 2 aromatic rings. The lowest BCUT2D eigenvalue weighted by molar-refractivity contribution is 0.0696. The van der Waals surface area contributed by atoms with Gasteiger partial charge in [-0.3, -0.25) is 0 Å². The van der Waals surface area contributed by atoms with Crippen molar-refractivity contribution >= 4 is 5.97 Å². The Kier molecular flexibility index (Phi) is 3.85. The monoisotopic (exact) mass is 275 g/mol. The van der Waals surface area contributed by atoms with Gasteiger partial charge in [-0.2, -0.15) is 4.98 Å². The first-order valence-electron chi connectivity index (χ1n) is 6.21. The second kappa shape index (κ2) is 5.42. The fourth-order valence-electron chi connectivity index (χ4n) is 2.06. The molecule has 0 fully saturated rings. The van der Waals surface area contributed by atoms with Crippen molar-refractivity contribution in [1.29, 1.82) is 0 Å². The second-order valence-electron chi connectivity index (χ2n) is 5.01. The third kappa shape index (κ3) is 2.70. The lowest BCUT2D eigenvalue weighted by Crippen LogP contribution is -2.11. The van der Waals surface area contributed by atoms with Crippen LogP contribution in [-0.4, -0.2) is 40.2 Å². The van der Waals surface area contributed by atoms with Crippen molar-refractivity contribution in [3.8, 4) is 11.5 Å². The number of carboxylic acid groups (broad SMARTS) is 1. The van der Waals surface area contributed by atoms with E-state index in [0.717, 1.165) is 5.56 Å². The van der Waals surface area contributed by atoms with E-state index in [1.807, 2.05) is 32.0 Å². The number of hydrogen-bond acceptors (Lipinski definition) is 5. The van der Waals surface area contributed by atoms with Crippen LogP contribution in [0.2, 0.25) is 0 Å². The number of aryl methyl sites for hydroxylation is 2. The number of nitrogens with zero attached hydrogens (tertiary/aromatic N) is 3. The minimum absolute atomic E-state index is 0.213. The van der Waals surface area contributed by atoms with Crippen molar-refractivity contribution in [1.82, 2.24) is 15.0 Å². The predicted molar refractivity (Wildman–Crippen MR) is 73.6 cm³/mol. The summed E-state index contributed by atoms with van der Waals surface area (Å²) in [6, 6.07) is 3.63. The van der Waals surface area contributed by atoms with Gasteiger partial charge in [0.15, 0.2) is 5.82 Å². The van der Waals surface area contributed by atoms with E-state index in [-0.39, 0.29) is 11.5 Å². The third-order valence-electron chi connectivity index (χ3n) is 2.98. The molecular formula is C14H17N3O3. The summed E-state index contributed by atoms with van der Waals surface area (Å²) < 4.78 is 5.23. The van der Waals surface area contributed by atoms with Crippen molar-refractivity contribution in [2.45, 2.75) is 20.4 Å². The zero-order valence-corrected chi connectivity index (χ0v) is 12.0. The molecule has 1 aromatic heterocycles. The van der Waals surface area contributed by atoms with Crippen LogP contribution >= 0.6 is 0 Å². The van der Waals surface area contributed by atoms with Crippen LogP contribution in [0, 0.1) is 13.8 Å². The molecule has 2 rings (SSSR count). The van der Waals surface area contributed by atoms with Gasteiger partial charge < -0.3 is 14.5 Å². The highest BCUT2D eigenvalue weighted by Crippen LogP contribution is 2.28. The Balaban J connectivity index is 2.54. The Hall–Kier alpha value is -2.21. The minimum atomic E-state index is -0.992. The average Bonchev–Trinajstić information content (AvgIpc) is 2.78. The number of carboxylic acids is 1. The summed E-state index contributed by atoms with van der Waals surface area (Å²) in [6.07, 6.45) is 0. The Bertz CT molecular complexity index is 647. The summed E-state index contributed by atoms with van der Waals surface area (Å²) in [7, 11) is 3.80. The van der Waals surface area contributed by atoms with Crippen LogP contribution in [0.3, 0.4) is 0 Å².